The van der Waals surface area contributed by atoms with Gasteiger partial charge in [0.1, 0.15) is 5.75 Å². The van der Waals surface area contributed by atoms with Gasteiger partial charge in [-0.15, -0.1) is 0 Å². The van der Waals surface area contributed by atoms with Crippen molar-refractivity contribution in [3.8, 4) is 5.75 Å². The Kier molecular flexibility index (Phi) is 5.46. The lowest BCUT2D eigenvalue weighted by Crippen LogP contribution is -2.20. The van der Waals surface area contributed by atoms with E-state index in [0.29, 0.717) is 27.2 Å². The summed E-state index contributed by atoms with van der Waals surface area (Å²) in [6.45, 7) is -0.194. The van der Waals surface area contributed by atoms with Crippen LogP contribution in [0.5, 0.6) is 5.75 Å². The lowest BCUT2D eigenvalue weighted by atomic mass is 10.2. The van der Waals surface area contributed by atoms with E-state index in [1.807, 2.05) is 0 Å². The van der Waals surface area contributed by atoms with Crippen LogP contribution < -0.4 is 15.4 Å². The number of hydrogen-bond donors (Lipinski definition) is 2. The van der Waals surface area contributed by atoms with E-state index in [9.17, 15) is 9.59 Å². The van der Waals surface area contributed by atoms with Crippen LogP contribution in [-0.4, -0.2) is 18.4 Å². The Balaban J connectivity index is 1.54. The van der Waals surface area contributed by atoms with Gasteiger partial charge < -0.3 is 15.4 Å². The number of carbonyl (C=O) groups is 2. The molecule has 2 N–H and O–H groups in total. The van der Waals surface area contributed by atoms with E-state index in [1.54, 1.807) is 42.5 Å². The highest BCUT2D eigenvalue weighted by atomic mass is 35.5. The summed E-state index contributed by atoms with van der Waals surface area (Å²) in [4.78, 5) is 23.8. The Bertz CT molecular complexity index is 807. The maximum Gasteiger partial charge on any atom is 0.262 e. The zero-order valence-corrected chi connectivity index (χ0v) is 14.7. The minimum Gasteiger partial charge on any atom is -0.482 e. The van der Waals surface area contributed by atoms with Crippen molar-refractivity contribution in [2.24, 2.45) is 5.92 Å². The molecule has 0 saturated heterocycles. The highest BCUT2D eigenvalue weighted by Crippen LogP contribution is 2.30. The molecule has 0 spiro atoms. The minimum atomic E-state index is -0.336. The Hall–Kier alpha value is -2.24. The Morgan fingerprint density at radius 1 is 1.04 bits per heavy atom. The van der Waals surface area contributed by atoms with E-state index in [-0.39, 0.29) is 24.3 Å². The molecule has 1 saturated carbocycles. The first-order chi connectivity index (χ1) is 12.0. The van der Waals surface area contributed by atoms with Crippen LogP contribution in [0.2, 0.25) is 10.0 Å². The van der Waals surface area contributed by atoms with Crippen LogP contribution in [0.25, 0.3) is 0 Å². The summed E-state index contributed by atoms with van der Waals surface area (Å²) >= 11 is 11.8. The summed E-state index contributed by atoms with van der Waals surface area (Å²) in [6.07, 6.45) is 1.87. The van der Waals surface area contributed by atoms with Gasteiger partial charge in [0.2, 0.25) is 5.91 Å². The molecule has 0 unspecified atom stereocenters. The zero-order chi connectivity index (χ0) is 17.8. The van der Waals surface area contributed by atoms with Crippen LogP contribution in [0.3, 0.4) is 0 Å². The fourth-order valence-electron chi connectivity index (χ4n) is 2.20. The quantitative estimate of drug-likeness (QED) is 0.784. The van der Waals surface area contributed by atoms with Gasteiger partial charge in [-0.2, -0.15) is 0 Å². The molecule has 25 heavy (non-hydrogen) atoms. The number of rotatable bonds is 6. The highest BCUT2D eigenvalue weighted by Gasteiger charge is 2.29. The molecule has 5 nitrogen and oxygen atoms in total. The predicted molar refractivity (Wildman–Crippen MR) is 98.4 cm³/mol. The van der Waals surface area contributed by atoms with Crippen LogP contribution in [0.4, 0.5) is 11.4 Å². The van der Waals surface area contributed by atoms with Crippen molar-refractivity contribution in [3.63, 3.8) is 0 Å². The van der Waals surface area contributed by atoms with Crippen LogP contribution in [0.15, 0.2) is 42.5 Å². The first kappa shape index (κ1) is 17.6. The van der Waals surface area contributed by atoms with Crippen LogP contribution in [0, 0.1) is 5.92 Å². The summed E-state index contributed by atoms with van der Waals surface area (Å²) in [7, 11) is 0. The second-order valence-corrected chi connectivity index (χ2v) is 6.60. The molecule has 2 aromatic rings. The van der Waals surface area contributed by atoms with Crippen molar-refractivity contribution in [2.45, 2.75) is 12.8 Å². The molecule has 0 radical (unpaired) electrons. The molecule has 2 aromatic carbocycles. The molecule has 0 atom stereocenters. The molecule has 1 aliphatic carbocycles. The average Bonchev–Trinajstić information content (AvgIpc) is 3.39. The van der Waals surface area contributed by atoms with Gasteiger partial charge in [0.05, 0.1) is 5.02 Å². The first-order valence-corrected chi connectivity index (χ1v) is 8.55. The van der Waals surface area contributed by atoms with Gasteiger partial charge in [-0.05, 0) is 49.2 Å². The number of halogens is 2. The van der Waals surface area contributed by atoms with Crippen molar-refractivity contribution < 1.29 is 14.3 Å². The van der Waals surface area contributed by atoms with E-state index in [4.69, 9.17) is 27.9 Å². The number of hydrogen-bond acceptors (Lipinski definition) is 3. The molecule has 130 valence electrons. The van der Waals surface area contributed by atoms with Gasteiger partial charge in [0.15, 0.2) is 6.61 Å². The highest BCUT2D eigenvalue weighted by molar-refractivity contribution is 6.35. The van der Waals surface area contributed by atoms with Gasteiger partial charge >= 0.3 is 0 Å². The molecule has 1 fully saturated rings. The third-order valence-corrected chi connectivity index (χ3v) is 4.15. The zero-order valence-electron chi connectivity index (χ0n) is 13.2. The molecule has 2 amide bonds. The van der Waals surface area contributed by atoms with Crippen molar-refractivity contribution in [1.29, 1.82) is 0 Å². The molecule has 3 rings (SSSR count). The van der Waals surface area contributed by atoms with Gasteiger partial charge in [-0.1, -0.05) is 29.3 Å². The van der Waals surface area contributed by atoms with Crippen LogP contribution in [0.1, 0.15) is 12.8 Å². The van der Waals surface area contributed by atoms with Crippen molar-refractivity contribution in [2.75, 3.05) is 17.2 Å². The van der Waals surface area contributed by atoms with E-state index < -0.39 is 0 Å². The number of anilines is 2. The summed E-state index contributed by atoms with van der Waals surface area (Å²) < 4.78 is 5.39. The SMILES string of the molecule is O=C(COc1ccc(Cl)cc1Cl)Nc1cccc(NC(=O)C2CC2)c1. The van der Waals surface area contributed by atoms with Gasteiger partial charge in [-0.3, -0.25) is 9.59 Å². The summed E-state index contributed by atoms with van der Waals surface area (Å²) in [5, 5.41) is 6.38. The third kappa shape index (κ3) is 5.11. The molecule has 0 aromatic heterocycles. The van der Waals surface area contributed by atoms with E-state index in [2.05, 4.69) is 10.6 Å². The van der Waals surface area contributed by atoms with Crippen molar-refractivity contribution >= 4 is 46.4 Å². The fourth-order valence-corrected chi connectivity index (χ4v) is 2.66. The largest absolute Gasteiger partial charge is 0.482 e. The standard InChI is InChI=1S/C18H16Cl2N2O3/c19-12-6-7-16(15(20)8-12)25-10-17(23)21-13-2-1-3-14(9-13)22-18(24)11-4-5-11/h1-3,6-9,11H,4-5,10H2,(H,21,23)(H,22,24). The molecule has 0 heterocycles. The second-order valence-electron chi connectivity index (χ2n) is 5.76. The molecule has 7 heteroatoms. The molecular formula is C18H16Cl2N2O3. The van der Waals surface area contributed by atoms with Gasteiger partial charge in [0, 0.05) is 22.3 Å². The number of amides is 2. The number of benzene rings is 2. The maximum absolute atomic E-state index is 12.0. The topological polar surface area (TPSA) is 67.4 Å². The lowest BCUT2D eigenvalue weighted by Gasteiger charge is -2.10. The molecule has 0 bridgehead atoms. The number of nitrogens with one attached hydrogen (secondary N) is 2. The average molecular weight is 379 g/mol. The Morgan fingerprint density at radius 2 is 1.76 bits per heavy atom. The molecular weight excluding hydrogens is 363 g/mol. The van der Waals surface area contributed by atoms with E-state index in [1.165, 1.54) is 0 Å². The minimum absolute atomic E-state index is 0.0178. The predicted octanol–water partition coefficient (Wildman–Crippen LogP) is 4.36. The van der Waals surface area contributed by atoms with Gasteiger partial charge in [-0.25, -0.2) is 0 Å². The number of ether oxygens (including phenoxy) is 1. The van der Waals surface area contributed by atoms with Gasteiger partial charge in [0.25, 0.3) is 5.91 Å². The monoisotopic (exact) mass is 378 g/mol. The Morgan fingerprint density at radius 3 is 2.44 bits per heavy atom. The summed E-state index contributed by atoms with van der Waals surface area (Å²) in [6, 6.07) is 11.8. The van der Waals surface area contributed by atoms with E-state index in [0.717, 1.165) is 12.8 Å². The lowest BCUT2D eigenvalue weighted by molar-refractivity contribution is -0.118. The number of carbonyl (C=O) groups excluding carboxylic acids is 2. The van der Waals surface area contributed by atoms with Crippen LogP contribution >= 0.6 is 23.2 Å². The molecule has 1 aliphatic rings. The summed E-state index contributed by atoms with van der Waals surface area (Å²) in [5.74, 6) is 0.184. The first-order valence-electron chi connectivity index (χ1n) is 7.80. The van der Waals surface area contributed by atoms with E-state index >= 15 is 0 Å². The maximum atomic E-state index is 12.0. The smallest absolute Gasteiger partial charge is 0.262 e. The second kappa shape index (κ2) is 7.76. The fraction of sp³-hybridized carbons (Fsp3) is 0.222. The van der Waals surface area contributed by atoms with Crippen molar-refractivity contribution in [3.05, 3.63) is 52.5 Å². The summed E-state index contributed by atoms with van der Waals surface area (Å²) in [5.41, 5.74) is 1.22. The van der Waals surface area contributed by atoms with Crippen molar-refractivity contribution in [1.82, 2.24) is 0 Å². The third-order valence-electron chi connectivity index (χ3n) is 3.61. The Labute approximate surface area is 155 Å². The van der Waals surface area contributed by atoms with Crippen LogP contribution in [-0.2, 0) is 9.59 Å². The molecule has 0 aliphatic heterocycles. The normalized spacial score (nSPS) is 13.2.